The predicted molar refractivity (Wildman–Crippen MR) is 69.6 cm³/mol. The van der Waals surface area contributed by atoms with E-state index in [0.717, 1.165) is 0 Å². The Balaban J connectivity index is 4.49. The fraction of sp³-hybridized carbons (Fsp3) is 0.500. The molecule has 0 bridgehead atoms. The lowest BCUT2D eigenvalue weighted by Gasteiger charge is -2.21. The fourth-order valence-electron chi connectivity index (χ4n) is 0.962. The minimum Gasteiger partial charge on any atom is -0.351 e. The van der Waals surface area contributed by atoms with Gasteiger partial charge in [0, 0.05) is 18.6 Å². The summed E-state index contributed by atoms with van der Waals surface area (Å²) in [5, 5.41) is 5.11. The first kappa shape index (κ1) is 15.7. The second-order valence-electron chi connectivity index (χ2n) is 4.36. The minimum absolute atomic E-state index is 0.156. The lowest BCUT2D eigenvalue weighted by atomic mass is 9.96. The first-order valence-electron chi connectivity index (χ1n) is 5.33. The van der Waals surface area contributed by atoms with Crippen LogP contribution in [0.3, 0.4) is 0 Å². The summed E-state index contributed by atoms with van der Waals surface area (Å²) in [5.74, 6) is 0.221. The van der Waals surface area contributed by atoms with Crippen molar-refractivity contribution in [1.82, 2.24) is 10.6 Å². The maximum absolute atomic E-state index is 11.8. The van der Waals surface area contributed by atoms with E-state index in [2.05, 4.69) is 10.6 Å². The van der Waals surface area contributed by atoms with Crippen LogP contribution >= 0.6 is 11.6 Å². The van der Waals surface area contributed by atoms with Gasteiger partial charge in [0.25, 0.3) is 5.91 Å². The molecule has 0 saturated heterocycles. The number of hydrogen-bond acceptors (Lipinski definition) is 2. The zero-order valence-electron chi connectivity index (χ0n) is 10.4. The molecule has 2 amide bonds. The van der Waals surface area contributed by atoms with Crippen molar-refractivity contribution >= 4 is 23.9 Å². The van der Waals surface area contributed by atoms with Gasteiger partial charge in [-0.3, -0.25) is 9.59 Å². The lowest BCUT2D eigenvalue weighted by Crippen LogP contribution is -2.35. The van der Waals surface area contributed by atoms with Crippen LogP contribution in [0.25, 0.3) is 0 Å². The van der Waals surface area contributed by atoms with Crippen LogP contribution < -0.4 is 10.6 Å². The van der Waals surface area contributed by atoms with E-state index in [9.17, 15) is 9.59 Å². The van der Waals surface area contributed by atoms with E-state index >= 15 is 0 Å². The zero-order valence-corrected chi connectivity index (χ0v) is 11.2. The third-order valence-corrected chi connectivity index (χ3v) is 2.73. The average molecular weight is 259 g/mol. The van der Waals surface area contributed by atoms with Crippen LogP contribution in [0.1, 0.15) is 20.8 Å². The van der Waals surface area contributed by atoms with Crippen molar-refractivity contribution in [2.45, 2.75) is 20.8 Å². The van der Waals surface area contributed by atoms with Crippen molar-refractivity contribution in [3.63, 3.8) is 0 Å². The number of alkyl halides is 1. The molecule has 0 aromatic rings. The Kier molecular flexibility index (Phi) is 7.30. The third kappa shape index (κ3) is 6.79. The van der Waals surface area contributed by atoms with Crippen LogP contribution in [0.5, 0.6) is 0 Å². The van der Waals surface area contributed by atoms with Crippen LogP contribution in [-0.4, -0.2) is 24.7 Å². The quantitative estimate of drug-likeness (QED) is 0.315. The Morgan fingerprint density at radius 1 is 1.41 bits per heavy atom. The smallest absolute Gasteiger partial charge is 0.252 e. The summed E-state index contributed by atoms with van der Waals surface area (Å²) < 4.78 is 0. The number of carbonyl (C=O) groups excluding carboxylic acids is 2. The minimum atomic E-state index is -0.240. The second kappa shape index (κ2) is 7.90. The second-order valence-corrected chi connectivity index (χ2v) is 4.63. The molecule has 0 radical (unpaired) electrons. The normalized spacial score (nSPS) is 12.6. The zero-order chi connectivity index (χ0) is 13.3. The van der Waals surface area contributed by atoms with E-state index in [1.54, 1.807) is 19.1 Å². The lowest BCUT2D eigenvalue weighted by molar-refractivity contribution is -0.117. The molecule has 0 aromatic heterocycles. The van der Waals surface area contributed by atoms with Crippen molar-refractivity contribution in [3.05, 3.63) is 23.9 Å². The van der Waals surface area contributed by atoms with Gasteiger partial charge < -0.3 is 10.6 Å². The number of nitrogens with one attached hydrogen (secondary N) is 2. The van der Waals surface area contributed by atoms with Crippen LogP contribution in [0.4, 0.5) is 0 Å². The Bertz CT molecular complexity index is 322. The number of hydrogen-bond donors (Lipinski definition) is 2. The van der Waals surface area contributed by atoms with Crippen LogP contribution in [0.15, 0.2) is 23.9 Å². The van der Waals surface area contributed by atoms with E-state index in [1.807, 2.05) is 13.8 Å². The number of allylic oxidation sites excluding steroid dienone is 1. The van der Waals surface area contributed by atoms with Crippen molar-refractivity contribution in [2.75, 3.05) is 12.4 Å². The van der Waals surface area contributed by atoms with Gasteiger partial charge in [-0.1, -0.05) is 26.0 Å². The van der Waals surface area contributed by atoms with Gasteiger partial charge in [0.2, 0.25) is 6.41 Å². The van der Waals surface area contributed by atoms with Crippen LogP contribution in [0, 0.1) is 5.41 Å². The first-order chi connectivity index (χ1) is 7.96. The molecule has 5 heteroatoms. The molecule has 0 spiro atoms. The summed E-state index contributed by atoms with van der Waals surface area (Å²) in [6, 6.07) is 0. The molecule has 0 aromatic carbocycles. The van der Waals surface area contributed by atoms with E-state index in [0.29, 0.717) is 24.4 Å². The summed E-state index contributed by atoms with van der Waals surface area (Å²) >= 11 is 5.76. The van der Waals surface area contributed by atoms with Crippen molar-refractivity contribution in [2.24, 2.45) is 5.41 Å². The molecule has 0 aliphatic carbocycles. The van der Waals surface area contributed by atoms with Gasteiger partial charge in [0.1, 0.15) is 0 Å². The molecule has 0 unspecified atom stereocenters. The Morgan fingerprint density at radius 3 is 2.53 bits per heavy atom. The largest absolute Gasteiger partial charge is 0.351 e. The Labute approximate surface area is 107 Å². The van der Waals surface area contributed by atoms with E-state index in [4.69, 9.17) is 11.6 Å². The molecule has 2 N–H and O–H groups in total. The highest BCUT2D eigenvalue weighted by Crippen LogP contribution is 2.15. The van der Waals surface area contributed by atoms with Gasteiger partial charge >= 0.3 is 0 Å². The topological polar surface area (TPSA) is 58.2 Å². The maximum Gasteiger partial charge on any atom is 0.252 e. The SMILES string of the molecule is C/C=C\C(=C/NC=O)C(=O)NCC(C)(C)CCl. The number of carbonyl (C=O) groups is 2. The molecular weight excluding hydrogens is 240 g/mol. The highest BCUT2D eigenvalue weighted by Gasteiger charge is 2.18. The fourth-order valence-corrected chi connectivity index (χ4v) is 1.06. The van der Waals surface area contributed by atoms with Gasteiger partial charge in [-0.15, -0.1) is 11.6 Å². The van der Waals surface area contributed by atoms with Crippen molar-refractivity contribution in [1.29, 1.82) is 0 Å². The summed E-state index contributed by atoms with van der Waals surface area (Å²) in [4.78, 5) is 21.9. The summed E-state index contributed by atoms with van der Waals surface area (Å²) in [6.07, 6.45) is 5.22. The van der Waals surface area contributed by atoms with Crippen molar-refractivity contribution < 1.29 is 9.59 Å². The van der Waals surface area contributed by atoms with Gasteiger partial charge in [0.15, 0.2) is 0 Å². The molecule has 0 aliphatic heterocycles. The average Bonchev–Trinajstić information content (AvgIpc) is 2.31. The van der Waals surface area contributed by atoms with Crippen LogP contribution in [-0.2, 0) is 9.59 Å². The van der Waals surface area contributed by atoms with Gasteiger partial charge in [-0.05, 0) is 12.3 Å². The molecule has 0 saturated carbocycles. The molecule has 0 fully saturated rings. The molecule has 0 atom stereocenters. The summed E-state index contributed by atoms with van der Waals surface area (Å²) in [6.45, 7) is 6.20. The highest BCUT2D eigenvalue weighted by molar-refractivity contribution is 6.18. The van der Waals surface area contributed by atoms with Crippen molar-refractivity contribution in [3.8, 4) is 0 Å². The van der Waals surface area contributed by atoms with E-state index in [-0.39, 0.29) is 11.3 Å². The molecule has 0 aliphatic rings. The molecule has 4 nitrogen and oxygen atoms in total. The third-order valence-electron chi connectivity index (χ3n) is 2.00. The molecule has 96 valence electrons. The number of halogens is 1. The first-order valence-corrected chi connectivity index (χ1v) is 5.87. The summed E-state index contributed by atoms with van der Waals surface area (Å²) in [7, 11) is 0. The van der Waals surface area contributed by atoms with E-state index in [1.165, 1.54) is 6.20 Å². The molecular formula is C12H19ClN2O2. The monoisotopic (exact) mass is 258 g/mol. The maximum atomic E-state index is 11.8. The van der Waals surface area contributed by atoms with Crippen LogP contribution in [0.2, 0.25) is 0 Å². The Morgan fingerprint density at radius 2 is 2.06 bits per heavy atom. The summed E-state index contributed by atoms with van der Waals surface area (Å²) in [5.41, 5.74) is 0.237. The predicted octanol–water partition coefficient (Wildman–Crippen LogP) is 1.57. The molecule has 0 heterocycles. The highest BCUT2D eigenvalue weighted by atomic mass is 35.5. The standard InChI is InChI=1S/C12H19ClN2O2/c1-4-5-10(6-14-9-16)11(17)15-8-12(2,3)7-13/h4-6,9H,7-8H2,1-3H3,(H,14,16)(H,15,17)/b5-4-,10-6+. The number of amides is 2. The van der Waals surface area contributed by atoms with Gasteiger partial charge in [0.05, 0.1) is 5.57 Å². The Hall–Kier alpha value is -1.29. The molecule has 0 rings (SSSR count). The van der Waals surface area contributed by atoms with Gasteiger partial charge in [-0.2, -0.15) is 0 Å². The van der Waals surface area contributed by atoms with E-state index < -0.39 is 0 Å². The molecule has 17 heavy (non-hydrogen) atoms. The van der Waals surface area contributed by atoms with Gasteiger partial charge in [-0.25, -0.2) is 0 Å². The number of rotatable bonds is 7.